The van der Waals surface area contributed by atoms with Crippen LogP contribution in [0.5, 0.6) is 0 Å². The molecule has 190 valence electrons. The van der Waals surface area contributed by atoms with Crippen molar-refractivity contribution in [1.82, 2.24) is 0 Å². The molecule has 0 unspecified atom stereocenters. The van der Waals surface area contributed by atoms with Crippen LogP contribution in [0.3, 0.4) is 0 Å². The number of benzene rings is 2. The monoisotopic (exact) mass is 482 g/mol. The summed E-state index contributed by atoms with van der Waals surface area (Å²) in [5.74, 6) is 0.0118. The minimum absolute atomic E-state index is 0.0118. The first kappa shape index (κ1) is 26.9. The summed E-state index contributed by atoms with van der Waals surface area (Å²) < 4.78 is 16.3. The average Bonchev–Trinajstić information content (AvgIpc) is 2.88. The number of anilines is 2. The minimum Gasteiger partial charge on any atom is -0.394 e. The van der Waals surface area contributed by atoms with Crippen LogP contribution in [0.15, 0.2) is 43.0 Å². The number of hydrogen-bond acceptors (Lipinski definition) is 7. The Morgan fingerprint density at radius 1 is 0.771 bits per heavy atom. The van der Waals surface area contributed by atoms with E-state index in [1.165, 1.54) is 0 Å². The van der Waals surface area contributed by atoms with Crippen LogP contribution in [0, 0.1) is 0 Å². The molecule has 3 rings (SSSR count). The van der Waals surface area contributed by atoms with Gasteiger partial charge in [-0.05, 0) is 42.5 Å². The van der Waals surface area contributed by atoms with Gasteiger partial charge in [-0.2, -0.15) is 0 Å². The van der Waals surface area contributed by atoms with Crippen molar-refractivity contribution in [3.8, 4) is 0 Å². The molecule has 3 N–H and O–H groups in total. The molecule has 2 aromatic carbocycles. The molecule has 1 aliphatic rings. The van der Waals surface area contributed by atoms with E-state index in [0.29, 0.717) is 50.7 Å². The molecule has 0 amide bonds. The van der Waals surface area contributed by atoms with Crippen LogP contribution in [0.2, 0.25) is 0 Å². The Morgan fingerprint density at radius 3 is 1.97 bits per heavy atom. The van der Waals surface area contributed by atoms with Gasteiger partial charge in [0.05, 0.1) is 32.0 Å². The first-order valence-corrected chi connectivity index (χ1v) is 12.5. The zero-order valence-corrected chi connectivity index (χ0v) is 20.7. The highest BCUT2D eigenvalue weighted by molar-refractivity contribution is 6.22. The van der Waals surface area contributed by atoms with Crippen molar-refractivity contribution in [1.29, 1.82) is 0 Å². The number of ether oxygens (including phenoxy) is 3. The molecule has 0 spiro atoms. The van der Waals surface area contributed by atoms with Gasteiger partial charge in [-0.1, -0.05) is 37.8 Å². The molecule has 1 aliphatic carbocycles. The van der Waals surface area contributed by atoms with Crippen LogP contribution < -0.4 is 10.6 Å². The molecular weight excluding hydrogens is 444 g/mol. The molecule has 0 radical (unpaired) electrons. The Balaban J connectivity index is 1.67. The van der Waals surface area contributed by atoms with E-state index in [9.17, 15) is 4.79 Å². The van der Waals surface area contributed by atoms with Gasteiger partial charge in [-0.15, -0.1) is 0 Å². The molecule has 0 aromatic heterocycles. The fraction of sp³-hybridized carbons (Fsp3) is 0.464. The number of rotatable bonds is 17. The number of ketones is 1. The molecule has 0 saturated heterocycles. The van der Waals surface area contributed by atoms with Crippen LogP contribution in [-0.4, -0.2) is 70.2 Å². The lowest BCUT2D eigenvalue weighted by Gasteiger charge is -2.26. The Bertz CT molecular complexity index is 976. The van der Waals surface area contributed by atoms with Crippen LogP contribution in [-0.2, 0) is 14.2 Å². The van der Waals surface area contributed by atoms with Gasteiger partial charge in [-0.25, -0.2) is 0 Å². The van der Waals surface area contributed by atoms with Gasteiger partial charge >= 0.3 is 0 Å². The van der Waals surface area contributed by atoms with Gasteiger partial charge in [0.1, 0.15) is 0 Å². The Hall–Kier alpha value is -2.71. The van der Waals surface area contributed by atoms with Crippen LogP contribution in [0.25, 0.3) is 5.57 Å². The van der Waals surface area contributed by atoms with Gasteiger partial charge in [0.2, 0.25) is 0 Å². The lowest BCUT2D eigenvalue weighted by atomic mass is 9.80. The predicted molar refractivity (Wildman–Crippen MR) is 140 cm³/mol. The van der Waals surface area contributed by atoms with Crippen molar-refractivity contribution < 1.29 is 24.1 Å². The zero-order chi connectivity index (χ0) is 24.9. The van der Waals surface area contributed by atoms with E-state index in [2.05, 4.69) is 24.1 Å². The molecule has 2 aromatic rings. The van der Waals surface area contributed by atoms with Gasteiger partial charge in [-0.3, -0.25) is 4.79 Å². The Kier molecular flexibility index (Phi) is 11.2. The van der Waals surface area contributed by atoms with E-state index < -0.39 is 0 Å². The van der Waals surface area contributed by atoms with Gasteiger partial charge in [0, 0.05) is 55.4 Å². The second kappa shape index (κ2) is 14.6. The SMILES string of the molecule is C=C1c2ccccc2C(=O)c2c(NCCCOCCOCCO)ccc(NCCCOCCC)c21. The van der Waals surface area contributed by atoms with Crippen molar-refractivity contribution in [2.75, 3.05) is 70.0 Å². The third kappa shape index (κ3) is 7.39. The van der Waals surface area contributed by atoms with Crippen molar-refractivity contribution in [2.45, 2.75) is 26.2 Å². The van der Waals surface area contributed by atoms with Gasteiger partial charge in [0.25, 0.3) is 0 Å². The first-order valence-electron chi connectivity index (χ1n) is 12.5. The van der Waals surface area contributed by atoms with Crippen molar-refractivity contribution >= 4 is 22.7 Å². The second-order valence-corrected chi connectivity index (χ2v) is 8.39. The van der Waals surface area contributed by atoms with Crippen LogP contribution >= 0.6 is 0 Å². The van der Waals surface area contributed by atoms with Crippen LogP contribution in [0.4, 0.5) is 11.4 Å². The summed E-state index contributed by atoms with van der Waals surface area (Å²) >= 11 is 0. The molecule has 0 aliphatic heterocycles. The fourth-order valence-electron chi connectivity index (χ4n) is 4.09. The van der Waals surface area contributed by atoms with E-state index in [0.717, 1.165) is 60.5 Å². The highest BCUT2D eigenvalue weighted by Crippen LogP contribution is 2.42. The third-order valence-electron chi connectivity index (χ3n) is 5.75. The van der Waals surface area contributed by atoms with Crippen molar-refractivity contribution in [2.24, 2.45) is 0 Å². The summed E-state index contributed by atoms with van der Waals surface area (Å²) in [5, 5.41) is 15.6. The van der Waals surface area contributed by atoms with E-state index in [-0.39, 0.29) is 12.4 Å². The molecule has 35 heavy (non-hydrogen) atoms. The normalized spacial score (nSPS) is 12.4. The molecule has 7 heteroatoms. The topological polar surface area (TPSA) is 89.1 Å². The minimum atomic E-state index is 0.0118. The third-order valence-corrected chi connectivity index (χ3v) is 5.75. The summed E-state index contributed by atoms with van der Waals surface area (Å²) in [7, 11) is 0. The quantitative estimate of drug-likeness (QED) is 0.247. The first-order chi connectivity index (χ1) is 17.2. The van der Waals surface area contributed by atoms with Gasteiger partial charge < -0.3 is 30.0 Å². The molecule has 0 fully saturated rings. The molecule has 0 bridgehead atoms. The Morgan fingerprint density at radius 2 is 1.34 bits per heavy atom. The largest absolute Gasteiger partial charge is 0.394 e. The number of aliphatic hydroxyl groups excluding tert-OH is 1. The van der Waals surface area contributed by atoms with Crippen molar-refractivity contribution in [3.05, 3.63) is 65.2 Å². The molecule has 0 saturated carbocycles. The number of hydrogen-bond donors (Lipinski definition) is 3. The molecule has 0 heterocycles. The maximum absolute atomic E-state index is 13.5. The van der Waals surface area contributed by atoms with E-state index in [1.807, 2.05) is 36.4 Å². The summed E-state index contributed by atoms with van der Waals surface area (Å²) in [6.45, 7) is 11.3. The van der Waals surface area contributed by atoms with Crippen LogP contribution in [0.1, 0.15) is 53.2 Å². The molecule has 0 atom stereocenters. The predicted octanol–water partition coefficient (Wildman–Crippen LogP) is 4.35. The number of carbonyl (C=O) groups excluding carboxylic acids is 1. The summed E-state index contributed by atoms with van der Waals surface area (Å²) in [4.78, 5) is 13.5. The maximum atomic E-state index is 13.5. The highest BCUT2D eigenvalue weighted by atomic mass is 16.5. The smallest absolute Gasteiger partial charge is 0.196 e. The maximum Gasteiger partial charge on any atom is 0.196 e. The fourth-order valence-corrected chi connectivity index (χ4v) is 4.09. The number of carbonyl (C=O) groups is 1. The lowest BCUT2D eigenvalue weighted by molar-refractivity contribution is 0.0331. The number of fused-ring (bicyclic) bond motifs is 2. The highest BCUT2D eigenvalue weighted by Gasteiger charge is 2.30. The van der Waals surface area contributed by atoms with Gasteiger partial charge in [0.15, 0.2) is 5.78 Å². The molecular formula is C28H38N2O5. The molecule has 7 nitrogen and oxygen atoms in total. The van der Waals surface area contributed by atoms with Crippen molar-refractivity contribution in [3.63, 3.8) is 0 Å². The second-order valence-electron chi connectivity index (χ2n) is 8.39. The standard InChI is InChI=1S/C28H38N2O5/c1-3-15-33-16-6-12-29-24-10-11-25(30-13-7-17-34-19-20-35-18-14-31)27-26(24)21(2)22-8-4-5-9-23(22)28(27)32/h4-5,8-11,29-31H,2-3,6-7,12-20H2,1H3. The summed E-state index contributed by atoms with van der Waals surface area (Å²) in [5.41, 5.74) is 5.68. The van der Waals surface area contributed by atoms with E-state index in [1.54, 1.807) is 0 Å². The summed E-state index contributed by atoms with van der Waals surface area (Å²) in [6.07, 6.45) is 2.69. The number of nitrogens with one attached hydrogen (secondary N) is 2. The zero-order valence-electron chi connectivity index (χ0n) is 20.7. The average molecular weight is 483 g/mol. The summed E-state index contributed by atoms with van der Waals surface area (Å²) in [6, 6.07) is 11.7. The number of aliphatic hydroxyl groups is 1. The van der Waals surface area contributed by atoms with E-state index >= 15 is 0 Å². The van der Waals surface area contributed by atoms with E-state index in [4.69, 9.17) is 19.3 Å². The Labute approximate surface area is 208 Å². The lowest BCUT2D eigenvalue weighted by Crippen LogP contribution is -2.20.